The van der Waals surface area contributed by atoms with Crippen LogP contribution in [0.1, 0.15) is 49.4 Å². The number of alkyl halides is 6. The van der Waals surface area contributed by atoms with Gasteiger partial charge in [0.05, 0.1) is 22.8 Å². The van der Waals surface area contributed by atoms with Crippen LogP contribution in [0.5, 0.6) is 0 Å². The highest BCUT2D eigenvalue weighted by Gasteiger charge is 2.35. The molecule has 39 heavy (non-hydrogen) atoms. The number of anilines is 1. The highest BCUT2D eigenvalue weighted by molar-refractivity contribution is 7.13. The van der Waals surface area contributed by atoms with Crippen molar-refractivity contribution in [2.24, 2.45) is 0 Å². The number of H-pyrrole nitrogens is 1. The van der Waals surface area contributed by atoms with Crippen molar-refractivity contribution < 1.29 is 35.9 Å². The van der Waals surface area contributed by atoms with Crippen LogP contribution in [0.15, 0.2) is 37.1 Å². The van der Waals surface area contributed by atoms with Crippen LogP contribution in [0, 0.1) is 0 Å². The summed E-state index contributed by atoms with van der Waals surface area (Å²) in [6, 6.07) is 0.970. The van der Waals surface area contributed by atoms with Crippen LogP contribution in [-0.2, 0) is 12.4 Å². The molecule has 2 amide bonds. The van der Waals surface area contributed by atoms with Gasteiger partial charge < -0.3 is 15.6 Å². The number of halogens is 7. The van der Waals surface area contributed by atoms with E-state index < -0.39 is 46.5 Å². The molecule has 0 saturated carbocycles. The lowest BCUT2D eigenvalue weighted by atomic mass is 10.2. The van der Waals surface area contributed by atoms with Gasteiger partial charge in [-0.2, -0.15) is 26.3 Å². The predicted molar refractivity (Wildman–Crippen MR) is 125 cm³/mol. The number of aromatic nitrogens is 6. The molecule has 0 spiro atoms. The average molecular weight is 591 g/mol. The van der Waals surface area contributed by atoms with Gasteiger partial charge in [-0.25, -0.2) is 24.9 Å². The van der Waals surface area contributed by atoms with Gasteiger partial charge in [0.15, 0.2) is 11.5 Å². The highest BCUT2D eigenvalue weighted by atomic mass is 35.5. The molecule has 204 valence electrons. The number of nitrogens with one attached hydrogen (secondary N) is 3. The molecular formula is C21H13ClF6N8O2S. The van der Waals surface area contributed by atoms with Crippen molar-refractivity contribution in [1.29, 1.82) is 0 Å². The zero-order chi connectivity index (χ0) is 28.5. The minimum Gasteiger partial charge on any atom is -0.343 e. The predicted octanol–water partition coefficient (Wildman–Crippen LogP) is 5.15. The van der Waals surface area contributed by atoms with Crippen LogP contribution < -0.4 is 10.6 Å². The fraction of sp³-hybridized carbons (Fsp3) is 0.190. The molecule has 0 saturated heterocycles. The summed E-state index contributed by atoms with van der Waals surface area (Å²) in [5, 5.41) is 4.44. The van der Waals surface area contributed by atoms with E-state index in [-0.39, 0.29) is 32.9 Å². The smallest absolute Gasteiger partial charge is 0.343 e. The van der Waals surface area contributed by atoms with Crippen LogP contribution in [0.25, 0.3) is 11.5 Å². The third-order valence-electron chi connectivity index (χ3n) is 4.88. The Morgan fingerprint density at radius 3 is 2.41 bits per heavy atom. The molecule has 0 bridgehead atoms. The Labute approximate surface area is 222 Å². The lowest BCUT2D eigenvalue weighted by Gasteiger charge is -2.11. The molecule has 4 rings (SSSR count). The molecular weight excluding hydrogens is 578 g/mol. The Kier molecular flexibility index (Phi) is 7.56. The van der Waals surface area contributed by atoms with Crippen molar-refractivity contribution in [3.63, 3.8) is 0 Å². The molecule has 4 aromatic rings. The van der Waals surface area contributed by atoms with Gasteiger partial charge in [0.2, 0.25) is 0 Å². The summed E-state index contributed by atoms with van der Waals surface area (Å²) in [6.07, 6.45) is -5.86. The van der Waals surface area contributed by atoms with Crippen molar-refractivity contribution in [3.05, 3.63) is 68.9 Å². The molecule has 18 heteroatoms. The van der Waals surface area contributed by atoms with Crippen LogP contribution in [0.2, 0.25) is 5.02 Å². The second-order valence-electron chi connectivity index (χ2n) is 7.68. The van der Waals surface area contributed by atoms with Crippen LogP contribution in [0.3, 0.4) is 0 Å². The highest BCUT2D eigenvalue weighted by Crippen LogP contribution is 2.35. The maximum absolute atomic E-state index is 13.0. The van der Waals surface area contributed by atoms with Crippen molar-refractivity contribution in [3.8, 4) is 11.5 Å². The molecule has 0 unspecified atom stereocenters. The second-order valence-corrected chi connectivity index (χ2v) is 9.15. The van der Waals surface area contributed by atoms with E-state index in [0.717, 1.165) is 36.1 Å². The van der Waals surface area contributed by atoms with Crippen LogP contribution >= 0.6 is 22.9 Å². The standard InChI is InChI=1S/C21H13ClF6N8O2S/c1-8(34-17(37)12-3-11(32-7-33-12)16-30-6-14(35-16)21(26,27)28)19-31-5-13(39-19)18(38)36-15-2-9(20(23,24)25)10(22)4-29-15/h2-8H,1H3,(H,30,35)(H,34,37)(H,29,36,38)/t8-/m1/s1. The van der Waals surface area contributed by atoms with Gasteiger partial charge in [-0.3, -0.25) is 9.59 Å². The molecule has 1 atom stereocenters. The number of hydrogen-bond donors (Lipinski definition) is 3. The van der Waals surface area contributed by atoms with Crippen LogP contribution in [0.4, 0.5) is 32.2 Å². The summed E-state index contributed by atoms with van der Waals surface area (Å²) < 4.78 is 77.5. The summed E-state index contributed by atoms with van der Waals surface area (Å²) in [7, 11) is 0. The Morgan fingerprint density at radius 2 is 1.74 bits per heavy atom. The SMILES string of the molecule is C[C@@H](NC(=O)c1cc(-c2nc(C(F)(F)F)c[nH]2)ncn1)c1ncc(C(=O)Nc2cc(C(F)(F)F)c(Cl)cn2)s1. The first-order valence-electron chi connectivity index (χ1n) is 10.5. The maximum Gasteiger partial charge on any atom is 0.434 e. The Hall–Kier alpha value is -4.12. The van der Waals surface area contributed by atoms with Gasteiger partial charge >= 0.3 is 12.4 Å². The number of imidazole rings is 1. The topological polar surface area (TPSA) is 138 Å². The Balaban J connectivity index is 1.43. The van der Waals surface area contributed by atoms with E-state index in [4.69, 9.17) is 11.6 Å². The summed E-state index contributed by atoms with van der Waals surface area (Å²) >= 11 is 6.38. The van der Waals surface area contributed by atoms with Gasteiger partial charge in [0, 0.05) is 12.4 Å². The number of aromatic amines is 1. The molecule has 4 aromatic heterocycles. The lowest BCUT2D eigenvalue weighted by Crippen LogP contribution is -2.27. The molecule has 0 fully saturated rings. The minimum absolute atomic E-state index is 0.0130. The van der Waals surface area contributed by atoms with E-state index >= 15 is 0 Å². The van der Waals surface area contributed by atoms with Gasteiger partial charge in [-0.15, -0.1) is 11.3 Å². The molecule has 0 aromatic carbocycles. The lowest BCUT2D eigenvalue weighted by molar-refractivity contribution is -0.141. The number of carbonyl (C=O) groups excluding carboxylic acids is 2. The number of pyridine rings is 1. The summed E-state index contributed by atoms with van der Waals surface area (Å²) in [5.41, 5.74) is -2.57. The number of amides is 2. The largest absolute Gasteiger partial charge is 0.434 e. The van der Waals surface area contributed by atoms with Crippen molar-refractivity contribution in [1.82, 2.24) is 35.2 Å². The van der Waals surface area contributed by atoms with E-state index in [1.54, 1.807) is 6.92 Å². The van der Waals surface area contributed by atoms with Crippen molar-refractivity contribution >= 4 is 40.6 Å². The molecule has 4 heterocycles. The first kappa shape index (κ1) is 27.9. The third-order valence-corrected chi connectivity index (χ3v) is 6.36. The molecule has 0 aliphatic heterocycles. The van der Waals surface area contributed by atoms with E-state index in [1.165, 1.54) is 0 Å². The maximum atomic E-state index is 13.0. The fourth-order valence-corrected chi connectivity index (χ4v) is 4.06. The quantitative estimate of drug-likeness (QED) is 0.264. The molecule has 3 N–H and O–H groups in total. The van der Waals surface area contributed by atoms with E-state index in [2.05, 4.69) is 40.5 Å². The monoisotopic (exact) mass is 590 g/mol. The zero-order valence-corrected chi connectivity index (χ0v) is 20.7. The first-order chi connectivity index (χ1) is 18.2. The number of hydrogen-bond acceptors (Lipinski definition) is 8. The van der Waals surface area contributed by atoms with Crippen LogP contribution in [-0.4, -0.2) is 41.7 Å². The van der Waals surface area contributed by atoms with E-state index in [1.807, 2.05) is 0 Å². The van der Waals surface area contributed by atoms with E-state index in [0.29, 0.717) is 12.3 Å². The van der Waals surface area contributed by atoms with Gasteiger partial charge in [-0.1, -0.05) is 11.6 Å². The zero-order valence-electron chi connectivity index (χ0n) is 19.1. The number of thiazole rings is 1. The minimum atomic E-state index is -4.75. The summed E-state index contributed by atoms with van der Waals surface area (Å²) in [4.78, 5) is 46.3. The molecule has 0 aliphatic rings. The third kappa shape index (κ3) is 6.48. The molecule has 0 radical (unpaired) electrons. The average Bonchev–Trinajstić information content (AvgIpc) is 3.55. The van der Waals surface area contributed by atoms with Crippen molar-refractivity contribution in [2.75, 3.05) is 5.32 Å². The Bertz CT molecular complexity index is 1540. The van der Waals surface area contributed by atoms with Gasteiger partial charge in [0.25, 0.3) is 11.8 Å². The van der Waals surface area contributed by atoms with Crippen molar-refractivity contribution in [2.45, 2.75) is 25.3 Å². The summed E-state index contributed by atoms with van der Waals surface area (Å²) in [6.45, 7) is 1.54. The fourth-order valence-electron chi connectivity index (χ4n) is 3.04. The van der Waals surface area contributed by atoms with Gasteiger partial charge in [0.1, 0.15) is 33.4 Å². The Morgan fingerprint density at radius 1 is 1.00 bits per heavy atom. The number of carbonyl (C=O) groups is 2. The molecule has 10 nitrogen and oxygen atoms in total. The second kappa shape index (κ2) is 10.6. The first-order valence-corrected chi connectivity index (χ1v) is 11.7. The van der Waals surface area contributed by atoms with E-state index in [9.17, 15) is 35.9 Å². The number of rotatable bonds is 6. The van der Waals surface area contributed by atoms with Gasteiger partial charge in [-0.05, 0) is 19.1 Å². The summed E-state index contributed by atoms with van der Waals surface area (Å²) in [5.74, 6) is -2.12. The normalized spacial score (nSPS) is 12.7. The number of nitrogens with zero attached hydrogens (tertiary/aromatic N) is 5. The molecule has 0 aliphatic carbocycles.